The second-order valence-corrected chi connectivity index (χ2v) is 5.86. The fourth-order valence-corrected chi connectivity index (χ4v) is 2.48. The molecule has 2 amide bonds. The average molecular weight is 299 g/mol. The maximum atomic E-state index is 12.2. The zero-order chi connectivity index (χ0) is 15.7. The molecule has 4 N–H and O–H groups in total. The van der Waals surface area contributed by atoms with Crippen molar-refractivity contribution in [3.63, 3.8) is 0 Å². The molecule has 0 saturated carbocycles. The van der Waals surface area contributed by atoms with Crippen LogP contribution in [0.3, 0.4) is 0 Å². The quantitative estimate of drug-likeness (QED) is 0.515. The van der Waals surface area contributed by atoms with Crippen LogP contribution in [-0.2, 0) is 19.1 Å². The molecule has 0 aromatic carbocycles. The average Bonchev–Trinajstić information content (AvgIpc) is 2.82. The Morgan fingerprint density at radius 3 is 2.81 bits per heavy atom. The van der Waals surface area contributed by atoms with E-state index >= 15 is 0 Å². The number of amides is 2. The molecule has 0 aliphatic carbocycles. The highest BCUT2D eigenvalue weighted by Crippen LogP contribution is 2.22. The van der Waals surface area contributed by atoms with E-state index in [0.29, 0.717) is 0 Å². The third-order valence-electron chi connectivity index (χ3n) is 3.86. The number of piperazine rings is 1. The molecule has 0 radical (unpaired) electrons. The molecule has 0 spiro atoms. The molecule has 2 aliphatic rings. The molecule has 0 aromatic heterocycles. The molecule has 2 heterocycles. The minimum absolute atomic E-state index is 0.0766. The fourth-order valence-electron chi connectivity index (χ4n) is 2.48. The minimum atomic E-state index is -0.914. The Balaban J connectivity index is 1.94. The predicted molar refractivity (Wildman–Crippen MR) is 71.8 cm³/mol. The zero-order valence-corrected chi connectivity index (χ0v) is 12.1. The Kier molecular flexibility index (Phi) is 4.48. The number of fused-ring (bicyclic) bond motifs is 1. The number of carbonyl (C=O) groups is 3. The van der Waals surface area contributed by atoms with E-state index in [9.17, 15) is 19.5 Å². The number of nitrogens with zero attached hydrogens (tertiary/aromatic N) is 1. The van der Waals surface area contributed by atoms with Crippen LogP contribution in [0.1, 0.15) is 20.3 Å². The summed E-state index contributed by atoms with van der Waals surface area (Å²) < 4.78 is 5.01. The first-order valence-electron chi connectivity index (χ1n) is 7.02. The van der Waals surface area contributed by atoms with Gasteiger partial charge in [0.05, 0.1) is 6.10 Å². The largest absolute Gasteiger partial charge is 0.462 e. The van der Waals surface area contributed by atoms with Gasteiger partial charge in [-0.05, 0) is 5.92 Å². The summed E-state index contributed by atoms with van der Waals surface area (Å²) in [6.45, 7) is 3.46. The minimum Gasteiger partial charge on any atom is -0.462 e. The third-order valence-corrected chi connectivity index (χ3v) is 3.86. The van der Waals surface area contributed by atoms with Crippen molar-refractivity contribution in [3.8, 4) is 0 Å². The number of ether oxygens (including phenoxy) is 1. The summed E-state index contributed by atoms with van der Waals surface area (Å²) in [6.07, 6.45) is -0.456. The molecule has 0 unspecified atom stereocenters. The second kappa shape index (κ2) is 5.98. The molecule has 2 saturated heterocycles. The molecule has 2 fully saturated rings. The van der Waals surface area contributed by atoms with Gasteiger partial charge >= 0.3 is 5.97 Å². The van der Waals surface area contributed by atoms with Crippen molar-refractivity contribution < 1.29 is 24.2 Å². The van der Waals surface area contributed by atoms with Gasteiger partial charge in [0.15, 0.2) is 0 Å². The summed E-state index contributed by atoms with van der Waals surface area (Å²) in [6, 6.07) is -2.31. The van der Waals surface area contributed by atoms with Crippen LogP contribution in [-0.4, -0.2) is 65.2 Å². The Morgan fingerprint density at radius 2 is 2.19 bits per heavy atom. The van der Waals surface area contributed by atoms with E-state index in [1.807, 2.05) is 0 Å². The molecule has 2 aliphatic heterocycles. The maximum absolute atomic E-state index is 12.2. The second-order valence-electron chi connectivity index (χ2n) is 5.86. The lowest BCUT2D eigenvalue weighted by atomic mass is 10.1. The van der Waals surface area contributed by atoms with Crippen LogP contribution in [0, 0.1) is 5.92 Å². The predicted octanol–water partition coefficient (Wildman–Crippen LogP) is -2.03. The van der Waals surface area contributed by atoms with Crippen molar-refractivity contribution in [2.75, 3.05) is 13.2 Å². The van der Waals surface area contributed by atoms with Crippen molar-refractivity contribution in [3.05, 3.63) is 0 Å². The van der Waals surface area contributed by atoms with Gasteiger partial charge in [0.1, 0.15) is 24.7 Å². The van der Waals surface area contributed by atoms with Crippen LogP contribution in [0.2, 0.25) is 0 Å². The number of aliphatic hydroxyl groups excluding tert-OH is 1. The van der Waals surface area contributed by atoms with Gasteiger partial charge in [-0.25, -0.2) is 0 Å². The molecule has 8 nitrogen and oxygen atoms in total. The summed E-state index contributed by atoms with van der Waals surface area (Å²) in [5.74, 6) is -1.36. The highest BCUT2D eigenvalue weighted by molar-refractivity contribution is 5.97. The summed E-state index contributed by atoms with van der Waals surface area (Å²) in [5.41, 5.74) is 5.65. The summed E-state index contributed by atoms with van der Waals surface area (Å²) in [7, 11) is 0. The Morgan fingerprint density at radius 1 is 1.52 bits per heavy atom. The summed E-state index contributed by atoms with van der Waals surface area (Å²) in [5, 5.41) is 12.1. The monoisotopic (exact) mass is 299 g/mol. The summed E-state index contributed by atoms with van der Waals surface area (Å²) >= 11 is 0. The Bertz CT molecular complexity index is 453. The van der Waals surface area contributed by atoms with Crippen LogP contribution < -0.4 is 11.1 Å². The van der Waals surface area contributed by atoms with Crippen molar-refractivity contribution >= 4 is 17.8 Å². The number of esters is 1. The molecule has 21 heavy (non-hydrogen) atoms. The molecule has 4 atom stereocenters. The molecule has 2 rings (SSSR count). The van der Waals surface area contributed by atoms with E-state index in [-0.39, 0.29) is 37.3 Å². The smallest absolute Gasteiger partial charge is 0.323 e. The SMILES string of the molecule is CC(C)[C@H](N)C(=O)OC[C@@H]1NC(=O)[C@@H]2C[C@@H](O)CN2C1=O. The molecule has 0 aromatic rings. The number of hydrogen-bond acceptors (Lipinski definition) is 6. The Labute approximate surface area is 122 Å². The number of nitrogens with one attached hydrogen (secondary N) is 1. The maximum Gasteiger partial charge on any atom is 0.323 e. The van der Waals surface area contributed by atoms with Gasteiger partial charge in [-0.1, -0.05) is 13.8 Å². The van der Waals surface area contributed by atoms with Gasteiger partial charge in [-0.3, -0.25) is 14.4 Å². The first-order valence-corrected chi connectivity index (χ1v) is 7.02. The van der Waals surface area contributed by atoms with Crippen molar-refractivity contribution in [1.82, 2.24) is 10.2 Å². The number of nitrogens with two attached hydrogens (primary N) is 1. The number of aliphatic hydroxyl groups is 1. The number of hydrogen-bond donors (Lipinski definition) is 3. The van der Waals surface area contributed by atoms with E-state index in [4.69, 9.17) is 10.5 Å². The normalized spacial score (nSPS) is 30.1. The van der Waals surface area contributed by atoms with Crippen molar-refractivity contribution in [2.24, 2.45) is 11.7 Å². The van der Waals surface area contributed by atoms with Crippen LogP contribution in [0.4, 0.5) is 0 Å². The third kappa shape index (κ3) is 3.16. The van der Waals surface area contributed by atoms with E-state index in [2.05, 4.69) is 5.32 Å². The van der Waals surface area contributed by atoms with Crippen LogP contribution in [0.15, 0.2) is 0 Å². The summed E-state index contributed by atoms with van der Waals surface area (Å²) in [4.78, 5) is 37.1. The number of rotatable bonds is 4. The van der Waals surface area contributed by atoms with Gasteiger partial charge in [-0.2, -0.15) is 0 Å². The number of carbonyl (C=O) groups excluding carboxylic acids is 3. The van der Waals surface area contributed by atoms with Crippen LogP contribution in [0.25, 0.3) is 0 Å². The fraction of sp³-hybridized carbons (Fsp3) is 0.769. The lowest BCUT2D eigenvalue weighted by Crippen LogP contribution is -2.62. The molecule has 0 bridgehead atoms. The Hall–Kier alpha value is -1.67. The molecular formula is C13H21N3O5. The van der Waals surface area contributed by atoms with E-state index < -0.39 is 30.2 Å². The van der Waals surface area contributed by atoms with Gasteiger partial charge < -0.3 is 25.8 Å². The van der Waals surface area contributed by atoms with Gasteiger partial charge in [0, 0.05) is 13.0 Å². The highest BCUT2D eigenvalue weighted by atomic mass is 16.5. The van der Waals surface area contributed by atoms with Crippen LogP contribution >= 0.6 is 0 Å². The van der Waals surface area contributed by atoms with Gasteiger partial charge in [0.2, 0.25) is 11.8 Å². The van der Waals surface area contributed by atoms with Gasteiger partial charge in [0.25, 0.3) is 0 Å². The first kappa shape index (κ1) is 15.7. The van der Waals surface area contributed by atoms with Gasteiger partial charge in [-0.15, -0.1) is 0 Å². The first-order chi connectivity index (χ1) is 9.81. The molecular weight excluding hydrogens is 278 g/mol. The molecule has 118 valence electrons. The van der Waals surface area contributed by atoms with E-state index in [1.54, 1.807) is 13.8 Å². The lowest BCUT2D eigenvalue weighted by Gasteiger charge is -2.34. The highest BCUT2D eigenvalue weighted by Gasteiger charge is 2.46. The standard InChI is InChI=1S/C13H21N3O5/c1-6(2)10(14)13(20)21-5-8-12(19)16-4-7(17)3-9(16)11(18)15-8/h6-10,17H,3-5,14H2,1-2H3,(H,15,18)/t7-,8+,9+,10+/m1/s1. The van der Waals surface area contributed by atoms with E-state index in [0.717, 1.165) is 0 Å². The van der Waals surface area contributed by atoms with Crippen molar-refractivity contribution in [2.45, 2.75) is 44.5 Å². The lowest BCUT2D eigenvalue weighted by molar-refractivity contribution is -0.154. The van der Waals surface area contributed by atoms with Crippen molar-refractivity contribution in [1.29, 1.82) is 0 Å². The zero-order valence-electron chi connectivity index (χ0n) is 12.1. The topological polar surface area (TPSA) is 122 Å². The molecule has 8 heteroatoms. The van der Waals surface area contributed by atoms with Crippen LogP contribution in [0.5, 0.6) is 0 Å². The van der Waals surface area contributed by atoms with E-state index in [1.165, 1.54) is 4.90 Å².